The summed E-state index contributed by atoms with van der Waals surface area (Å²) in [5.74, 6) is 0.784. The number of carbonyl (C=O) groups is 1. The normalized spacial score (nSPS) is 15.5. The van der Waals surface area contributed by atoms with Gasteiger partial charge >= 0.3 is 0 Å². The van der Waals surface area contributed by atoms with Crippen molar-refractivity contribution in [3.8, 4) is 5.75 Å². The van der Waals surface area contributed by atoms with Crippen LogP contribution in [0.1, 0.15) is 38.9 Å². The van der Waals surface area contributed by atoms with E-state index in [0.29, 0.717) is 12.1 Å². The van der Waals surface area contributed by atoms with E-state index in [-0.39, 0.29) is 12.1 Å². The van der Waals surface area contributed by atoms with Crippen molar-refractivity contribution in [1.82, 2.24) is 9.88 Å². The molecule has 1 N–H and O–H groups in total. The number of hydrogen-bond donors (Lipinski definition) is 1. The van der Waals surface area contributed by atoms with Gasteiger partial charge in [-0.2, -0.15) is 0 Å². The van der Waals surface area contributed by atoms with Crippen molar-refractivity contribution in [3.63, 3.8) is 0 Å². The number of aryl methyl sites for hydroxylation is 2. The van der Waals surface area contributed by atoms with Crippen LogP contribution in [0.25, 0.3) is 0 Å². The van der Waals surface area contributed by atoms with Gasteiger partial charge in [-0.25, -0.2) is 0 Å². The molecule has 2 heterocycles. The zero-order chi connectivity index (χ0) is 19.7. The lowest BCUT2D eigenvalue weighted by molar-refractivity contribution is 0.0728. The molecule has 28 heavy (non-hydrogen) atoms. The Morgan fingerprint density at radius 3 is 2.46 bits per heavy atom. The summed E-state index contributed by atoms with van der Waals surface area (Å²) in [4.78, 5) is 19.4. The van der Waals surface area contributed by atoms with E-state index in [2.05, 4.69) is 42.3 Å². The van der Waals surface area contributed by atoms with Gasteiger partial charge in [0.1, 0.15) is 11.9 Å². The highest BCUT2D eigenvalue weighted by Crippen LogP contribution is 2.34. The summed E-state index contributed by atoms with van der Waals surface area (Å²) in [6, 6.07) is 17.7. The highest BCUT2D eigenvalue weighted by Gasteiger charge is 2.37. The fourth-order valence-electron chi connectivity index (χ4n) is 3.69. The van der Waals surface area contributed by atoms with E-state index >= 15 is 0 Å². The molecule has 0 saturated carbocycles. The van der Waals surface area contributed by atoms with Gasteiger partial charge < -0.3 is 15.0 Å². The van der Waals surface area contributed by atoms with E-state index in [1.165, 1.54) is 11.1 Å². The molecule has 0 unspecified atom stereocenters. The van der Waals surface area contributed by atoms with E-state index in [1.54, 1.807) is 13.3 Å². The summed E-state index contributed by atoms with van der Waals surface area (Å²) in [6.07, 6.45) is 1.42. The molecule has 0 aliphatic carbocycles. The van der Waals surface area contributed by atoms with Gasteiger partial charge in [-0.15, -0.1) is 0 Å². The smallest absolute Gasteiger partial charge is 0.258 e. The summed E-state index contributed by atoms with van der Waals surface area (Å²) in [5.41, 5.74) is 5.78. The number of nitrogens with zero attached hydrogens (tertiary/aromatic N) is 2. The maximum absolute atomic E-state index is 13.1. The van der Waals surface area contributed by atoms with Gasteiger partial charge in [-0.05, 0) is 66.9 Å². The third kappa shape index (κ3) is 3.43. The second kappa shape index (κ2) is 7.35. The maximum atomic E-state index is 13.1. The highest BCUT2D eigenvalue weighted by atomic mass is 16.5. The van der Waals surface area contributed by atoms with Crippen LogP contribution < -0.4 is 10.1 Å². The van der Waals surface area contributed by atoms with Crippen LogP contribution in [0.5, 0.6) is 5.75 Å². The molecule has 2 aromatic carbocycles. The van der Waals surface area contributed by atoms with Crippen molar-refractivity contribution in [3.05, 3.63) is 88.7 Å². The second-order valence-corrected chi connectivity index (χ2v) is 7.14. The maximum Gasteiger partial charge on any atom is 0.258 e. The van der Waals surface area contributed by atoms with Crippen molar-refractivity contribution in [2.24, 2.45) is 0 Å². The molecular formula is C23H23N3O2. The van der Waals surface area contributed by atoms with Crippen LogP contribution in [0.15, 0.2) is 60.8 Å². The van der Waals surface area contributed by atoms with Gasteiger partial charge in [0.2, 0.25) is 0 Å². The Morgan fingerprint density at radius 1 is 1.07 bits per heavy atom. The van der Waals surface area contributed by atoms with Crippen molar-refractivity contribution in [2.45, 2.75) is 26.6 Å². The Balaban J connectivity index is 1.67. The summed E-state index contributed by atoms with van der Waals surface area (Å²) in [6.45, 7) is 4.63. The largest absolute Gasteiger partial charge is 0.497 e. The van der Waals surface area contributed by atoms with Crippen LogP contribution in [-0.4, -0.2) is 22.9 Å². The molecule has 5 nitrogen and oxygen atoms in total. The minimum atomic E-state index is -0.313. The van der Waals surface area contributed by atoms with Crippen LogP contribution >= 0.6 is 0 Å². The first-order valence-electron chi connectivity index (χ1n) is 9.29. The van der Waals surface area contributed by atoms with Crippen LogP contribution in [0.3, 0.4) is 0 Å². The van der Waals surface area contributed by atoms with E-state index in [0.717, 1.165) is 22.7 Å². The Hall–Kier alpha value is -3.34. The molecule has 0 spiro atoms. The summed E-state index contributed by atoms with van der Waals surface area (Å²) in [5, 5.41) is 3.52. The molecule has 0 bridgehead atoms. The first kappa shape index (κ1) is 18.0. The minimum Gasteiger partial charge on any atom is -0.497 e. The van der Waals surface area contributed by atoms with E-state index in [4.69, 9.17) is 4.74 Å². The summed E-state index contributed by atoms with van der Waals surface area (Å²) >= 11 is 0. The van der Waals surface area contributed by atoms with Gasteiger partial charge in [0, 0.05) is 18.4 Å². The third-order valence-electron chi connectivity index (χ3n) is 4.94. The molecule has 1 aromatic heterocycles. The number of nitrogens with one attached hydrogen (secondary N) is 1. The molecular weight excluding hydrogens is 350 g/mol. The molecule has 4 rings (SSSR count). The minimum absolute atomic E-state index is 0.0132. The average Bonchev–Trinajstić information content (AvgIpc) is 2.94. The lowest BCUT2D eigenvalue weighted by Gasteiger charge is -2.27. The first-order valence-corrected chi connectivity index (χ1v) is 9.29. The quantitative estimate of drug-likeness (QED) is 0.717. The Bertz CT molecular complexity index is 994. The number of ether oxygens (including phenoxy) is 1. The van der Waals surface area contributed by atoms with Crippen molar-refractivity contribution < 1.29 is 9.53 Å². The lowest BCUT2D eigenvalue weighted by Crippen LogP contribution is -2.32. The van der Waals surface area contributed by atoms with Crippen LogP contribution in [0.2, 0.25) is 0 Å². The number of benzene rings is 2. The number of pyridine rings is 1. The number of rotatable bonds is 5. The zero-order valence-electron chi connectivity index (χ0n) is 16.3. The van der Waals surface area contributed by atoms with E-state index in [9.17, 15) is 4.79 Å². The molecule has 5 heteroatoms. The predicted molar refractivity (Wildman–Crippen MR) is 109 cm³/mol. The monoisotopic (exact) mass is 373 g/mol. The summed E-state index contributed by atoms with van der Waals surface area (Å²) in [7, 11) is 1.64. The Morgan fingerprint density at radius 2 is 1.79 bits per heavy atom. The standard InChI is InChI=1S/C23H23N3O2/c1-15-11-16(2)13-18(12-15)25-22-21-20(5-4-10-24-21)23(27)26(22)14-17-6-8-19(28-3)9-7-17/h4-13,22,25H,14H2,1-3H3/t22-/m0/s1. The number of fused-ring (bicyclic) bond motifs is 1. The third-order valence-corrected chi connectivity index (χ3v) is 4.94. The number of methoxy groups -OCH3 is 1. The van der Waals surface area contributed by atoms with Crippen molar-refractivity contribution >= 4 is 11.6 Å². The number of aromatic nitrogens is 1. The van der Waals surface area contributed by atoms with Crippen molar-refractivity contribution in [2.75, 3.05) is 12.4 Å². The Labute approximate surface area is 165 Å². The second-order valence-electron chi connectivity index (χ2n) is 7.14. The van der Waals surface area contributed by atoms with Gasteiger partial charge in [0.25, 0.3) is 5.91 Å². The molecule has 1 aliphatic heterocycles. The molecule has 0 saturated heterocycles. The lowest BCUT2D eigenvalue weighted by atomic mass is 10.1. The topological polar surface area (TPSA) is 54.5 Å². The first-order chi connectivity index (χ1) is 13.5. The average molecular weight is 373 g/mol. The number of hydrogen-bond acceptors (Lipinski definition) is 4. The van der Waals surface area contributed by atoms with Gasteiger partial charge in [-0.1, -0.05) is 18.2 Å². The zero-order valence-corrected chi connectivity index (χ0v) is 16.3. The molecule has 3 aromatic rings. The van der Waals surface area contributed by atoms with E-state index < -0.39 is 0 Å². The number of carbonyl (C=O) groups excluding carboxylic acids is 1. The van der Waals surface area contributed by atoms with Crippen molar-refractivity contribution in [1.29, 1.82) is 0 Å². The summed E-state index contributed by atoms with van der Waals surface area (Å²) < 4.78 is 5.23. The predicted octanol–water partition coefficient (Wildman–Crippen LogP) is 4.47. The van der Waals surface area contributed by atoms with Gasteiger partial charge in [0.05, 0.1) is 18.4 Å². The number of anilines is 1. The molecule has 0 radical (unpaired) electrons. The van der Waals surface area contributed by atoms with Gasteiger partial charge in [-0.3, -0.25) is 9.78 Å². The van der Waals surface area contributed by atoms with Crippen LogP contribution in [0.4, 0.5) is 5.69 Å². The Kier molecular flexibility index (Phi) is 4.74. The van der Waals surface area contributed by atoms with E-state index in [1.807, 2.05) is 41.3 Å². The van der Waals surface area contributed by atoms with Crippen LogP contribution in [0, 0.1) is 13.8 Å². The van der Waals surface area contributed by atoms with Gasteiger partial charge in [0.15, 0.2) is 0 Å². The number of amides is 1. The fraction of sp³-hybridized carbons (Fsp3) is 0.217. The SMILES string of the molecule is COc1ccc(CN2C(=O)c3cccnc3[C@H]2Nc2cc(C)cc(C)c2)cc1. The van der Waals surface area contributed by atoms with Crippen LogP contribution in [-0.2, 0) is 6.54 Å². The molecule has 1 amide bonds. The fourth-order valence-corrected chi connectivity index (χ4v) is 3.69. The highest BCUT2D eigenvalue weighted by molar-refractivity contribution is 5.98. The molecule has 1 atom stereocenters. The molecule has 142 valence electrons. The molecule has 1 aliphatic rings. The molecule has 0 fully saturated rings.